The molecule has 1 rings (SSSR count). The number of carboxylic acids is 1. The Morgan fingerprint density at radius 2 is 2.16 bits per heavy atom. The van der Waals surface area contributed by atoms with Crippen LogP contribution in [0.25, 0.3) is 6.08 Å². The minimum Gasteiger partial charge on any atom is -0.495 e. The third-order valence-corrected chi connectivity index (χ3v) is 2.23. The van der Waals surface area contributed by atoms with Gasteiger partial charge < -0.3 is 20.5 Å². The Kier molecular flexibility index (Phi) is 5.40. The van der Waals surface area contributed by atoms with Crippen molar-refractivity contribution in [1.82, 2.24) is 5.32 Å². The quantitative estimate of drug-likeness (QED) is 0.709. The molecular formula is C13H16N2O4. The third kappa shape index (κ3) is 4.71. The van der Waals surface area contributed by atoms with Gasteiger partial charge in [-0.3, -0.25) is 0 Å². The number of hydrogen-bond donors (Lipinski definition) is 3. The molecule has 0 heterocycles. The van der Waals surface area contributed by atoms with E-state index in [0.717, 1.165) is 6.08 Å². The van der Waals surface area contributed by atoms with Gasteiger partial charge in [0.15, 0.2) is 0 Å². The first-order valence-corrected chi connectivity index (χ1v) is 5.70. The normalized spacial score (nSPS) is 10.2. The Morgan fingerprint density at radius 3 is 2.74 bits per heavy atom. The molecule has 102 valence electrons. The second-order valence-electron chi connectivity index (χ2n) is 3.62. The van der Waals surface area contributed by atoms with Crippen LogP contribution < -0.4 is 15.4 Å². The van der Waals surface area contributed by atoms with Crippen LogP contribution in [0.15, 0.2) is 24.3 Å². The van der Waals surface area contributed by atoms with Crippen LogP contribution >= 0.6 is 0 Å². The van der Waals surface area contributed by atoms with Crippen LogP contribution in [0.1, 0.15) is 12.5 Å². The first-order chi connectivity index (χ1) is 9.06. The summed E-state index contributed by atoms with van der Waals surface area (Å²) in [6.45, 7) is 2.32. The maximum Gasteiger partial charge on any atom is 0.328 e. The summed E-state index contributed by atoms with van der Waals surface area (Å²) in [5.41, 5.74) is 1.12. The highest BCUT2D eigenvalue weighted by Crippen LogP contribution is 2.25. The molecule has 0 spiro atoms. The smallest absolute Gasteiger partial charge is 0.328 e. The Labute approximate surface area is 111 Å². The first-order valence-electron chi connectivity index (χ1n) is 5.70. The van der Waals surface area contributed by atoms with Crippen LogP contribution in [0.4, 0.5) is 10.5 Å². The third-order valence-electron chi connectivity index (χ3n) is 2.23. The van der Waals surface area contributed by atoms with E-state index in [1.54, 1.807) is 18.2 Å². The fraction of sp³-hybridized carbons (Fsp3) is 0.231. The molecule has 0 aromatic heterocycles. The Bertz CT molecular complexity index is 497. The van der Waals surface area contributed by atoms with Crippen LogP contribution in [-0.2, 0) is 4.79 Å². The number of carbonyl (C=O) groups excluding carboxylic acids is 1. The van der Waals surface area contributed by atoms with Crippen molar-refractivity contribution in [2.45, 2.75) is 6.92 Å². The number of carboxylic acid groups (broad SMARTS) is 1. The Balaban J connectivity index is 2.95. The predicted molar refractivity (Wildman–Crippen MR) is 72.4 cm³/mol. The lowest BCUT2D eigenvalue weighted by Gasteiger charge is -2.11. The van der Waals surface area contributed by atoms with Crippen molar-refractivity contribution in [3.05, 3.63) is 29.8 Å². The lowest BCUT2D eigenvalue weighted by atomic mass is 10.1. The van der Waals surface area contributed by atoms with Gasteiger partial charge >= 0.3 is 12.0 Å². The molecule has 3 N–H and O–H groups in total. The molecule has 0 aliphatic heterocycles. The molecule has 1 aromatic carbocycles. The number of amides is 2. The number of aliphatic carboxylic acids is 1. The van der Waals surface area contributed by atoms with Crippen molar-refractivity contribution in [3.8, 4) is 5.75 Å². The van der Waals surface area contributed by atoms with Crippen LogP contribution in [0, 0.1) is 0 Å². The Morgan fingerprint density at radius 1 is 1.42 bits per heavy atom. The number of urea groups is 1. The molecule has 1 aromatic rings. The zero-order valence-corrected chi connectivity index (χ0v) is 10.8. The predicted octanol–water partition coefficient (Wildman–Crippen LogP) is 1.93. The van der Waals surface area contributed by atoms with Crippen molar-refractivity contribution in [1.29, 1.82) is 0 Å². The summed E-state index contributed by atoms with van der Waals surface area (Å²) in [7, 11) is 1.49. The molecule has 6 heteroatoms. The molecular weight excluding hydrogens is 248 g/mol. The maximum atomic E-state index is 11.5. The summed E-state index contributed by atoms with van der Waals surface area (Å²) in [4.78, 5) is 21.9. The van der Waals surface area contributed by atoms with Crippen molar-refractivity contribution < 1.29 is 19.4 Å². The van der Waals surface area contributed by atoms with E-state index >= 15 is 0 Å². The molecule has 0 saturated carbocycles. The second kappa shape index (κ2) is 7.05. The van der Waals surface area contributed by atoms with Gasteiger partial charge in [-0.2, -0.15) is 0 Å². The standard InChI is InChI=1S/C13H16N2O4/c1-3-14-13(18)15-10-8-9(5-7-12(16)17)4-6-11(10)19-2/h4-8H,3H2,1-2H3,(H,16,17)(H2,14,15,18)/b7-5+. The zero-order valence-electron chi connectivity index (χ0n) is 10.8. The summed E-state index contributed by atoms with van der Waals surface area (Å²) in [5.74, 6) is -0.534. The van der Waals surface area contributed by atoms with E-state index in [9.17, 15) is 9.59 Å². The lowest BCUT2D eigenvalue weighted by molar-refractivity contribution is -0.131. The average molecular weight is 264 g/mol. The van der Waals surface area contributed by atoms with Crippen molar-refractivity contribution >= 4 is 23.8 Å². The fourth-order valence-electron chi connectivity index (χ4n) is 1.42. The minimum atomic E-state index is -1.03. The fourth-order valence-corrected chi connectivity index (χ4v) is 1.42. The van der Waals surface area contributed by atoms with Crippen LogP contribution in [0.5, 0.6) is 5.75 Å². The highest BCUT2D eigenvalue weighted by atomic mass is 16.5. The van der Waals surface area contributed by atoms with Crippen LogP contribution in [0.2, 0.25) is 0 Å². The van der Waals surface area contributed by atoms with E-state index in [2.05, 4.69) is 10.6 Å². The van der Waals surface area contributed by atoms with E-state index in [4.69, 9.17) is 9.84 Å². The van der Waals surface area contributed by atoms with Gasteiger partial charge in [0.2, 0.25) is 0 Å². The van der Waals surface area contributed by atoms with Crippen molar-refractivity contribution in [3.63, 3.8) is 0 Å². The number of rotatable bonds is 5. The summed E-state index contributed by atoms with van der Waals surface area (Å²) >= 11 is 0. The van der Waals surface area contributed by atoms with Gasteiger partial charge in [-0.05, 0) is 30.7 Å². The Hall–Kier alpha value is -2.50. The highest BCUT2D eigenvalue weighted by molar-refractivity contribution is 5.92. The van der Waals surface area contributed by atoms with Gasteiger partial charge in [0, 0.05) is 12.6 Å². The summed E-state index contributed by atoms with van der Waals surface area (Å²) < 4.78 is 5.12. The molecule has 0 bridgehead atoms. The number of methoxy groups -OCH3 is 1. The first kappa shape index (κ1) is 14.6. The number of hydrogen-bond acceptors (Lipinski definition) is 3. The van der Waals surface area contributed by atoms with Gasteiger partial charge in [0.25, 0.3) is 0 Å². The van der Waals surface area contributed by atoms with Gasteiger partial charge in [0.1, 0.15) is 5.75 Å². The number of ether oxygens (including phenoxy) is 1. The van der Waals surface area contributed by atoms with Crippen LogP contribution in [-0.4, -0.2) is 30.8 Å². The molecule has 19 heavy (non-hydrogen) atoms. The monoisotopic (exact) mass is 264 g/mol. The van der Waals surface area contributed by atoms with Gasteiger partial charge in [-0.15, -0.1) is 0 Å². The summed E-state index contributed by atoms with van der Waals surface area (Å²) in [5, 5.41) is 13.8. The largest absolute Gasteiger partial charge is 0.495 e. The molecule has 0 atom stereocenters. The number of nitrogens with one attached hydrogen (secondary N) is 2. The maximum absolute atomic E-state index is 11.5. The van der Waals surface area contributed by atoms with Crippen LogP contribution in [0.3, 0.4) is 0 Å². The van der Waals surface area contributed by atoms with Gasteiger partial charge in [-0.25, -0.2) is 9.59 Å². The average Bonchev–Trinajstić information content (AvgIpc) is 2.36. The minimum absolute atomic E-state index is 0.347. The number of benzene rings is 1. The second-order valence-corrected chi connectivity index (χ2v) is 3.62. The molecule has 0 aliphatic rings. The van der Waals surface area contributed by atoms with Gasteiger partial charge in [-0.1, -0.05) is 6.07 Å². The van der Waals surface area contributed by atoms with Crippen molar-refractivity contribution in [2.75, 3.05) is 19.0 Å². The molecule has 0 unspecified atom stereocenters. The zero-order chi connectivity index (χ0) is 14.3. The van der Waals surface area contributed by atoms with E-state index < -0.39 is 5.97 Å². The number of anilines is 1. The summed E-state index contributed by atoms with van der Waals surface area (Å²) in [6.07, 6.45) is 2.46. The van der Waals surface area contributed by atoms with E-state index in [-0.39, 0.29) is 6.03 Å². The molecule has 0 radical (unpaired) electrons. The molecule has 0 fully saturated rings. The molecule has 6 nitrogen and oxygen atoms in total. The number of carbonyl (C=O) groups is 2. The highest BCUT2D eigenvalue weighted by Gasteiger charge is 2.07. The molecule has 2 amide bonds. The molecule has 0 aliphatic carbocycles. The van der Waals surface area contributed by atoms with E-state index in [1.807, 2.05) is 6.92 Å². The van der Waals surface area contributed by atoms with E-state index in [1.165, 1.54) is 13.2 Å². The summed E-state index contributed by atoms with van der Waals surface area (Å²) in [6, 6.07) is 4.64. The topological polar surface area (TPSA) is 87.7 Å². The van der Waals surface area contributed by atoms with Gasteiger partial charge in [0.05, 0.1) is 12.8 Å². The lowest BCUT2D eigenvalue weighted by Crippen LogP contribution is -2.28. The van der Waals surface area contributed by atoms with E-state index in [0.29, 0.717) is 23.5 Å². The SMILES string of the molecule is CCNC(=O)Nc1cc(/C=C/C(=O)O)ccc1OC. The molecule has 0 saturated heterocycles. The van der Waals surface area contributed by atoms with Crippen molar-refractivity contribution in [2.24, 2.45) is 0 Å².